The van der Waals surface area contributed by atoms with Crippen LogP contribution in [-0.4, -0.2) is 42.4 Å². The highest BCUT2D eigenvalue weighted by molar-refractivity contribution is 6.29. The van der Waals surface area contributed by atoms with E-state index < -0.39 is 0 Å². The zero-order chi connectivity index (χ0) is 10.5. The number of ether oxygens (including phenoxy) is 2. The molecule has 1 atom stereocenters. The Labute approximate surface area is 92.8 Å². The Morgan fingerprint density at radius 2 is 2.40 bits per heavy atom. The number of halogens is 1. The summed E-state index contributed by atoms with van der Waals surface area (Å²) >= 11 is 5.72. The Morgan fingerprint density at radius 3 is 3.13 bits per heavy atom. The number of rotatable bonds is 3. The van der Waals surface area contributed by atoms with Crippen molar-refractivity contribution in [2.75, 3.05) is 31.7 Å². The second-order valence-corrected chi connectivity index (χ2v) is 3.56. The molecule has 0 aromatic carbocycles. The maximum Gasteiger partial charge on any atom is 0.134 e. The smallest absolute Gasteiger partial charge is 0.134 e. The van der Waals surface area contributed by atoms with Gasteiger partial charge in [0, 0.05) is 12.6 Å². The first kappa shape index (κ1) is 10.6. The molecule has 0 radical (unpaired) electrons. The van der Waals surface area contributed by atoms with E-state index in [4.69, 9.17) is 21.1 Å². The second kappa shape index (κ2) is 5.25. The van der Waals surface area contributed by atoms with Crippen LogP contribution in [0.2, 0.25) is 5.15 Å². The summed E-state index contributed by atoms with van der Waals surface area (Å²) in [6.07, 6.45) is 1.50. The average Bonchev–Trinajstić information content (AvgIpc) is 2.28. The van der Waals surface area contributed by atoms with Gasteiger partial charge in [-0.15, -0.1) is 0 Å². The van der Waals surface area contributed by atoms with E-state index in [0.717, 1.165) is 0 Å². The van der Waals surface area contributed by atoms with Crippen molar-refractivity contribution in [3.8, 4) is 0 Å². The standard InChI is InChI=1S/C9H12ClN3O2/c10-8-3-9(13-6-12-8)11-4-7-5-14-1-2-15-7/h3,6-7H,1-2,4-5H2,(H,11,12,13). The molecule has 15 heavy (non-hydrogen) atoms. The van der Waals surface area contributed by atoms with Crippen LogP contribution in [0, 0.1) is 0 Å². The molecule has 0 saturated carbocycles. The Morgan fingerprint density at radius 1 is 1.47 bits per heavy atom. The van der Waals surface area contributed by atoms with Gasteiger partial charge in [-0.05, 0) is 0 Å². The van der Waals surface area contributed by atoms with E-state index in [1.807, 2.05) is 0 Å². The lowest BCUT2D eigenvalue weighted by atomic mass is 10.3. The second-order valence-electron chi connectivity index (χ2n) is 3.17. The van der Waals surface area contributed by atoms with Crippen LogP contribution in [-0.2, 0) is 9.47 Å². The summed E-state index contributed by atoms with van der Waals surface area (Å²) in [7, 11) is 0. The molecule has 1 fully saturated rings. The molecule has 1 aliphatic heterocycles. The average molecular weight is 230 g/mol. The topological polar surface area (TPSA) is 56.3 Å². The predicted molar refractivity (Wildman–Crippen MR) is 56.1 cm³/mol. The van der Waals surface area contributed by atoms with Crippen LogP contribution in [0.1, 0.15) is 0 Å². The maximum absolute atomic E-state index is 5.72. The Bertz CT molecular complexity index is 318. The molecule has 1 aliphatic rings. The molecule has 0 amide bonds. The lowest BCUT2D eigenvalue weighted by molar-refractivity contribution is -0.0819. The molecular weight excluding hydrogens is 218 g/mol. The Kier molecular flexibility index (Phi) is 3.71. The van der Waals surface area contributed by atoms with E-state index in [1.165, 1.54) is 6.33 Å². The molecule has 2 rings (SSSR count). The van der Waals surface area contributed by atoms with Crippen molar-refractivity contribution in [3.63, 3.8) is 0 Å². The molecule has 82 valence electrons. The zero-order valence-electron chi connectivity index (χ0n) is 8.15. The summed E-state index contributed by atoms with van der Waals surface area (Å²) in [6, 6.07) is 1.67. The number of hydrogen-bond donors (Lipinski definition) is 1. The van der Waals surface area contributed by atoms with E-state index in [0.29, 0.717) is 37.3 Å². The number of nitrogens with zero attached hydrogens (tertiary/aromatic N) is 2. The first-order valence-electron chi connectivity index (χ1n) is 4.75. The highest BCUT2D eigenvalue weighted by Crippen LogP contribution is 2.09. The fraction of sp³-hybridized carbons (Fsp3) is 0.556. The molecule has 2 heterocycles. The van der Waals surface area contributed by atoms with E-state index in [9.17, 15) is 0 Å². The van der Waals surface area contributed by atoms with Gasteiger partial charge in [-0.25, -0.2) is 9.97 Å². The van der Waals surface area contributed by atoms with Crippen molar-refractivity contribution in [2.24, 2.45) is 0 Å². The molecule has 0 spiro atoms. The number of anilines is 1. The van der Waals surface area contributed by atoms with E-state index >= 15 is 0 Å². The third-order valence-electron chi connectivity index (χ3n) is 2.03. The third-order valence-corrected chi connectivity index (χ3v) is 2.24. The van der Waals surface area contributed by atoms with Crippen molar-refractivity contribution >= 4 is 17.4 Å². The maximum atomic E-state index is 5.72. The van der Waals surface area contributed by atoms with Gasteiger partial charge >= 0.3 is 0 Å². The van der Waals surface area contributed by atoms with Crippen LogP contribution in [0.3, 0.4) is 0 Å². The molecule has 1 N–H and O–H groups in total. The van der Waals surface area contributed by atoms with Gasteiger partial charge in [0.15, 0.2) is 0 Å². The van der Waals surface area contributed by atoms with Gasteiger partial charge in [-0.2, -0.15) is 0 Å². The summed E-state index contributed by atoms with van der Waals surface area (Å²) < 4.78 is 10.7. The number of aromatic nitrogens is 2. The predicted octanol–water partition coefficient (Wildman–Crippen LogP) is 0.957. The third kappa shape index (κ3) is 3.30. The monoisotopic (exact) mass is 229 g/mol. The van der Waals surface area contributed by atoms with Crippen molar-refractivity contribution in [3.05, 3.63) is 17.5 Å². The quantitative estimate of drug-likeness (QED) is 0.783. The van der Waals surface area contributed by atoms with Gasteiger partial charge in [0.05, 0.1) is 25.9 Å². The molecule has 1 saturated heterocycles. The molecule has 5 nitrogen and oxygen atoms in total. The van der Waals surface area contributed by atoms with Crippen molar-refractivity contribution < 1.29 is 9.47 Å². The minimum absolute atomic E-state index is 0.0764. The van der Waals surface area contributed by atoms with Crippen LogP contribution < -0.4 is 5.32 Å². The lowest BCUT2D eigenvalue weighted by Crippen LogP contribution is -2.34. The Hall–Kier alpha value is -0.910. The fourth-order valence-corrected chi connectivity index (χ4v) is 1.45. The van der Waals surface area contributed by atoms with Crippen LogP contribution in [0.25, 0.3) is 0 Å². The zero-order valence-corrected chi connectivity index (χ0v) is 8.91. The minimum atomic E-state index is 0.0764. The van der Waals surface area contributed by atoms with Crippen LogP contribution in [0.15, 0.2) is 12.4 Å². The first-order valence-corrected chi connectivity index (χ1v) is 5.13. The Balaban J connectivity index is 1.81. The summed E-state index contributed by atoms with van der Waals surface area (Å²) in [5.74, 6) is 0.698. The molecule has 0 aliphatic carbocycles. The van der Waals surface area contributed by atoms with Crippen molar-refractivity contribution in [1.82, 2.24) is 9.97 Å². The minimum Gasteiger partial charge on any atom is -0.376 e. The largest absolute Gasteiger partial charge is 0.376 e. The summed E-state index contributed by atoms with van der Waals surface area (Å²) in [4.78, 5) is 7.81. The molecule has 1 aromatic rings. The van der Waals surface area contributed by atoms with Gasteiger partial charge in [-0.3, -0.25) is 0 Å². The SMILES string of the molecule is Clc1cc(NCC2COCCO2)ncn1. The lowest BCUT2D eigenvalue weighted by Gasteiger charge is -2.23. The van der Waals surface area contributed by atoms with Crippen LogP contribution in [0.4, 0.5) is 5.82 Å². The molecule has 6 heteroatoms. The normalized spacial score (nSPS) is 21.3. The first-order chi connectivity index (χ1) is 7.34. The van der Waals surface area contributed by atoms with E-state index in [-0.39, 0.29) is 6.10 Å². The summed E-state index contributed by atoms with van der Waals surface area (Å²) in [5.41, 5.74) is 0. The van der Waals surface area contributed by atoms with Crippen LogP contribution in [0.5, 0.6) is 0 Å². The van der Waals surface area contributed by atoms with Gasteiger partial charge in [0.1, 0.15) is 17.3 Å². The number of nitrogens with one attached hydrogen (secondary N) is 1. The summed E-state index contributed by atoms with van der Waals surface area (Å²) in [6.45, 7) is 2.60. The highest BCUT2D eigenvalue weighted by atomic mass is 35.5. The van der Waals surface area contributed by atoms with Crippen molar-refractivity contribution in [2.45, 2.75) is 6.10 Å². The number of hydrogen-bond acceptors (Lipinski definition) is 5. The fourth-order valence-electron chi connectivity index (χ4n) is 1.30. The van der Waals surface area contributed by atoms with Gasteiger partial charge in [0.25, 0.3) is 0 Å². The molecule has 1 aromatic heterocycles. The van der Waals surface area contributed by atoms with Gasteiger partial charge in [0.2, 0.25) is 0 Å². The van der Waals surface area contributed by atoms with E-state index in [2.05, 4.69) is 15.3 Å². The van der Waals surface area contributed by atoms with Crippen LogP contribution >= 0.6 is 11.6 Å². The van der Waals surface area contributed by atoms with Gasteiger partial charge < -0.3 is 14.8 Å². The van der Waals surface area contributed by atoms with E-state index in [1.54, 1.807) is 6.07 Å². The molecule has 1 unspecified atom stereocenters. The molecular formula is C9H12ClN3O2. The van der Waals surface area contributed by atoms with Crippen molar-refractivity contribution in [1.29, 1.82) is 0 Å². The highest BCUT2D eigenvalue weighted by Gasteiger charge is 2.13. The summed E-state index contributed by atoms with van der Waals surface area (Å²) in [5, 5.41) is 3.54. The van der Waals surface area contributed by atoms with Gasteiger partial charge in [-0.1, -0.05) is 11.6 Å². The molecule has 0 bridgehead atoms.